The number of benzene rings is 4. The van der Waals surface area contributed by atoms with Crippen LogP contribution in [-0.2, 0) is 19.2 Å². The SMILES string of the molecule is CC(=O)Oc1cc2c(c3ccccc13)C(CCl)CN2C(=O)C12CC(C(=O)N3CC(CCl)c4c3cc(OC(C)=O)c3ccccc43)(C1)C2. The number of nitrogens with zero attached hydrogens (tertiary/aromatic N) is 2. The highest BCUT2D eigenvalue weighted by molar-refractivity contribution is 6.20. The molecule has 2 heterocycles. The normalized spacial score (nSPS) is 25.2. The van der Waals surface area contributed by atoms with Gasteiger partial charge >= 0.3 is 11.9 Å². The van der Waals surface area contributed by atoms with E-state index in [0.29, 0.717) is 67.0 Å². The zero-order valence-electron chi connectivity index (χ0n) is 26.0. The lowest BCUT2D eigenvalue weighted by atomic mass is 9.34. The van der Waals surface area contributed by atoms with Crippen molar-refractivity contribution in [3.05, 3.63) is 71.8 Å². The molecule has 2 bridgehead atoms. The Morgan fingerprint density at radius 3 is 1.36 bits per heavy atom. The van der Waals surface area contributed by atoms with E-state index in [-0.39, 0.29) is 23.7 Å². The number of carbonyl (C=O) groups is 4. The van der Waals surface area contributed by atoms with Crippen LogP contribution in [0.5, 0.6) is 11.5 Å². The number of rotatable bonds is 6. The van der Waals surface area contributed by atoms with E-state index in [1.165, 1.54) is 13.8 Å². The first-order valence-corrected chi connectivity index (χ1v) is 16.9. The third-order valence-electron chi connectivity index (χ3n) is 10.6. The molecule has 47 heavy (non-hydrogen) atoms. The number of ether oxygens (including phenoxy) is 2. The quantitative estimate of drug-likeness (QED) is 0.124. The highest BCUT2D eigenvalue weighted by Gasteiger charge is 2.76. The Kier molecular flexibility index (Phi) is 6.87. The minimum atomic E-state index is -0.637. The predicted molar refractivity (Wildman–Crippen MR) is 181 cm³/mol. The lowest BCUT2D eigenvalue weighted by Crippen LogP contribution is -2.73. The van der Waals surface area contributed by atoms with Crippen molar-refractivity contribution in [1.29, 1.82) is 0 Å². The first-order valence-electron chi connectivity index (χ1n) is 15.8. The molecule has 2 unspecified atom stereocenters. The number of alkyl halides is 2. The molecule has 240 valence electrons. The van der Waals surface area contributed by atoms with Crippen molar-refractivity contribution in [2.75, 3.05) is 34.6 Å². The van der Waals surface area contributed by atoms with Gasteiger partial charge in [0.05, 0.1) is 22.2 Å². The van der Waals surface area contributed by atoms with Gasteiger partial charge in [-0.3, -0.25) is 19.2 Å². The molecule has 0 radical (unpaired) electrons. The maximum Gasteiger partial charge on any atom is 0.308 e. The van der Waals surface area contributed by atoms with Crippen LogP contribution in [0.25, 0.3) is 21.5 Å². The molecule has 4 aromatic rings. The summed E-state index contributed by atoms with van der Waals surface area (Å²) in [6.07, 6.45) is 1.38. The molecule has 0 aromatic heterocycles. The average Bonchev–Trinajstić information content (AvgIpc) is 3.58. The van der Waals surface area contributed by atoms with Gasteiger partial charge in [-0.1, -0.05) is 48.5 Å². The number of fused-ring (bicyclic) bond motifs is 6. The van der Waals surface area contributed by atoms with Gasteiger partial charge in [0.2, 0.25) is 11.8 Å². The second-order valence-electron chi connectivity index (χ2n) is 13.5. The summed E-state index contributed by atoms with van der Waals surface area (Å²) >= 11 is 12.9. The molecule has 2 atom stereocenters. The highest BCUT2D eigenvalue weighted by Crippen LogP contribution is 2.75. The van der Waals surface area contributed by atoms with Crippen molar-refractivity contribution < 1.29 is 28.7 Å². The maximum atomic E-state index is 14.3. The second-order valence-corrected chi connectivity index (χ2v) is 14.1. The van der Waals surface area contributed by atoms with Crippen LogP contribution >= 0.6 is 23.2 Å². The van der Waals surface area contributed by atoms with E-state index < -0.39 is 22.8 Å². The summed E-state index contributed by atoms with van der Waals surface area (Å²) in [5.41, 5.74) is 2.11. The Morgan fingerprint density at radius 2 is 1.02 bits per heavy atom. The summed E-state index contributed by atoms with van der Waals surface area (Å²) in [5, 5.41) is 3.42. The smallest absolute Gasteiger partial charge is 0.308 e. The van der Waals surface area contributed by atoms with Gasteiger partial charge < -0.3 is 19.3 Å². The first-order chi connectivity index (χ1) is 22.6. The van der Waals surface area contributed by atoms with Crippen LogP contribution < -0.4 is 19.3 Å². The van der Waals surface area contributed by atoms with Crippen LogP contribution in [0.3, 0.4) is 0 Å². The summed E-state index contributed by atoms with van der Waals surface area (Å²) in [6, 6.07) is 19.0. The zero-order chi connectivity index (χ0) is 32.8. The number of amides is 2. The molecule has 9 rings (SSSR count). The Labute approximate surface area is 281 Å². The number of hydrogen-bond donors (Lipinski definition) is 0. The van der Waals surface area contributed by atoms with E-state index in [0.717, 1.165) is 32.7 Å². The predicted octanol–water partition coefficient (Wildman–Crippen LogP) is 7.05. The van der Waals surface area contributed by atoms with Crippen LogP contribution in [0.2, 0.25) is 0 Å². The van der Waals surface area contributed by atoms with Gasteiger partial charge in [0.25, 0.3) is 0 Å². The van der Waals surface area contributed by atoms with Gasteiger partial charge in [-0.25, -0.2) is 0 Å². The summed E-state index contributed by atoms with van der Waals surface area (Å²) in [4.78, 5) is 56.2. The van der Waals surface area contributed by atoms with Gasteiger partial charge in [0.15, 0.2) is 0 Å². The summed E-state index contributed by atoms with van der Waals surface area (Å²) < 4.78 is 11.2. The highest BCUT2D eigenvalue weighted by atomic mass is 35.5. The van der Waals surface area contributed by atoms with Gasteiger partial charge in [-0.05, 0) is 41.2 Å². The Morgan fingerprint density at radius 1 is 0.660 bits per heavy atom. The molecular formula is C37H32Cl2N2O6. The minimum Gasteiger partial charge on any atom is -0.426 e. The molecule has 3 saturated carbocycles. The average molecular weight is 672 g/mol. The van der Waals surface area contributed by atoms with E-state index in [2.05, 4.69) is 0 Å². The van der Waals surface area contributed by atoms with Crippen LogP contribution in [0.1, 0.15) is 56.1 Å². The lowest BCUT2D eigenvalue weighted by molar-refractivity contribution is -0.205. The summed E-state index contributed by atoms with van der Waals surface area (Å²) in [6.45, 7) is 3.57. The molecule has 8 nitrogen and oxygen atoms in total. The van der Waals surface area contributed by atoms with E-state index in [1.54, 1.807) is 21.9 Å². The van der Waals surface area contributed by atoms with Gasteiger partial charge in [0, 0.05) is 73.4 Å². The van der Waals surface area contributed by atoms with Crippen LogP contribution in [0, 0.1) is 10.8 Å². The minimum absolute atomic E-state index is 0.0197. The van der Waals surface area contributed by atoms with Crippen molar-refractivity contribution in [1.82, 2.24) is 0 Å². The maximum absolute atomic E-state index is 14.3. The first kappa shape index (κ1) is 30.2. The topological polar surface area (TPSA) is 93.2 Å². The van der Waals surface area contributed by atoms with Crippen molar-refractivity contribution in [3.8, 4) is 11.5 Å². The molecule has 3 fully saturated rings. The number of halogens is 2. The third-order valence-corrected chi connectivity index (χ3v) is 11.3. The molecule has 5 aliphatic rings. The monoisotopic (exact) mass is 670 g/mol. The molecule has 4 aromatic carbocycles. The molecular weight excluding hydrogens is 639 g/mol. The number of hydrogen-bond acceptors (Lipinski definition) is 6. The van der Waals surface area contributed by atoms with E-state index in [4.69, 9.17) is 32.7 Å². The number of esters is 2. The molecule has 0 N–H and O–H groups in total. The van der Waals surface area contributed by atoms with E-state index >= 15 is 0 Å². The number of anilines is 2. The molecule has 0 spiro atoms. The largest absolute Gasteiger partial charge is 0.426 e. The Hall–Kier alpha value is -4.14. The van der Waals surface area contributed by atoms with Gasteiger partial charge in [-0.15, -0.1) is 23.2 Å². The number of carbonyl (C=O) groups excluding carboxylic acids is 4. The second kappa shape index (κ2) is 10.7. The lowest BCUT2D eigenvalue weighted by Gasteiger charge is -2.69. The van der Waals surface area contributed by atoms with Crippen molar-refractivity contribution >= 4 is 79.9 Å². The third kappa shape index (κ3) is 4.34. The molecule has 2 aliphatic heterocycles. The Balaban J connectivity index is 1.09. The standard InChI is InChI=1S/C37H32Cl2N2O6/c1-20(42)46-30-11-28-32(26-9-5-3-7-24(26)30)22(13-38)15-40(28)34(44)36-17-37(18-36,19-36)35(45)41-16-23(14-39)33-27-10-6-4-8-25(27)31(12-29(33)41)47-21(2)43/h3-12,22-23H,13-19H2,1-2H3. The molecule has 3 aliphatic carbocycles. The van der Waals surface area contributed by atoms with Crippen molar-refractivity contribution in [2.24, 2.45) is 10.8 Å². The van der Waals surface area contributed by atoms with Crippen molar-refractivity contribution in [3.63, 3.8) is 0 Å². The van der Waals surface area contributed by atoms with Crippen LogP contribution in [-0.4, -0.2) is 48.6 Å². The Bertz CT molecular complexity index is 1900. The van der Waals surface area contributed by atoms with Crippen LogP contribution in [0.4, 0.5) is 11.4 Å². The summed E-state index contributed by atoms with van der Waals surface area (Å²) in [5.74, 6) is 0.418. The van der Waals surface area contributed by atoms with E-state index in [9.17, 15) is 19.2 Å². The fourth-order valence-corrected chi connectivity index (χ4v) is 9.26. The van der Waals surface area contributed by atoms with Gasteiger partial charge in [0.1, 0.15) is 11.5 Å². The van der Waals surface area contributed by atoms with Gasteiger partial charge in [-0.2, -0.15) is 0 Å². The fourth-order valence-electron chi connectivity index (χ4n) is 8.76. The molecule has 10 heteroatoms. The van der Waals surface area contributed by atoms with Crippen molar-refractivity contribution in [2.45, 2.75) is 44.9 Å². The van der Waals surface area contributed by atoms with Crippen LogP contribution in [0.15, 0.2) is 60.7 Å². The zero-order valence-corrected chi connectivity index (χ0v) is 27.5. The molecule has 2 amide bonds. The van der Waals surface area contributed by atoms with E-state index in [1.807, 2.05) is 48.5 Å². The summed E-state index contributed by atoms with van der Waals surface area (Å²) in [7, 11) is 0. The fraction of sp³-hybridized carbons (Fsp3) is 0.351. The molecule has 0 saturated heterocycles.